The molecule has 100 valence electrons. The summed E-state index contributed by atoms with van der Waals surface area (Å²) in [5.41, 5.74) is 0.124. The third-order valence-electron chi connectivity index (χ3n) is 2.85. The molecule has 1 amide bonds. The van der Waals surface area contributed by atoms with E-state index in [0.717, 1.165) is 18.2 Å². The second-order valence-electron chi connectivity index (χ2n) is 4.22. The van der Waals surface area contributed by atoms with Crippen molar-refractivity contribution in [2.75, 3.05) is 13.7 Å². The van der Waals surface area contributed by atoms with Crippen molar-refractivity contribution < 1.29 is 18.7 Å². The number of aliphatic hydroxyl groups excluding tert-OH is 1. The molecule has 1 unspecified atom stereocenters. The van der Waals surface area contributed by atoms with E-state index in [0.29, 0.717) is 6.42 Å². The van der Waals surface area contributed by atoms with Gasteiger partial charge in [0.25, 0.3) is 0 Å². The van der Waals surface area contributed by atoms with E-state index in [1.165, 1.54) is 11.9 Å². The highest BCUT2D eigenvalue weighted by Crippen LogP contribution is 2.14. The first-order valence-electron chi connectivity index (χ1n) is 5.79. The largest absolute Gasteiger partial charge is 0.396 e. The molecule has 0 aliphatic heterocycles. The number of hydrogen-bond donors (Lipinski definition) is 1. The fraction of sp³-hybridized carbons (Fsp3) is 0.462. The second-order valence-corrected chi connectivity index (χ2v) is 4.22. The van der Waals surface area contributed by atoms with Gasteiger partial charge in [0.2, 0.25) is 5.91 Å². The molecule has 0 aliphatic carbocycles. The smallest absolute Gasteiger partial charge is 0.228 e. The lowest BCUT2D eigenvalue weighted by Crippen LogP contribution is -2.34. The Labute approximate surface area is 105 Å². The van der Waals surface area contributed by atoms with E-state index in [9.17, 15) is 13.6 Å². The SMILES string of the molecule is CCC(CO)C(=O)N(C)Cc1cc(F)ccc1F. The Morgan fingerprint density at radius 1 is 1.44 bits per heavy atom. The molecule has 18 heavy (non-hydrogen) atoms. The van der Waals surface area contributed by atoms with Gasteiger partial charge in [0.15, 0.2) is 0 Å². The number of carbonyl (C=O) groups excluding carboxylic acids is 1. The molecule has 0 aliphatic rings. The van der Waals surface area contributed by atoms with Crippen molar-refractivity contribution >= 4 is 5.91 Å². The standard InChI is InChI=1S/C13H17F2NO2/c1-3-9(8-17)13(18)16(2)7-10-6-11(14)4-5-12(10)15/h4-6,9,17H,3,7-8H2,1-2H3. The van der Waals surface area contributed by atoms with Crippen molar-refractivity contribution in [1.82, 2.24) is 4.90 Å². The number of aliphatic hydroxyl groups is 1. The Morgan fingerprint density at radius 2 is 2.11 bits per heavy atom. The van der Waals surface area contributed by atoms with E-state index in [1.807, 2.05) is 0 Å². The van der Waals surface area contributed by atoms with E-state index in [2.05, 4.69) is 0 Å². The Bertz CT molecular complexity index is 419. The zero-order valence-corrected chi connectivity index (χ0v) is 10.5. The third kappa shape index (κ3) is 3.50. The lowest BCUT2D eigenvalue weighted by molar-refractivity contribution is -0.136. The van der Waals surface area contributed by atoms with Gasteiger partial charge in [-0.3, -0.25) is 4.79 Å². The van der Waals surface area contributed by atoms with Crippen LogP contribution in [0.4, 0.5) is 8.78 Å². The molecule has 0 spiro atoms. The quantitative estimate of drug-likeness (QED) is 0.875. The summed E-state index contributed by atoms with van der Waals surface area (Å²) in [5.74, 6) is -1.86. The maximum absolute atomic E-state index is 13.4. The van der Waals surface area contributed by atoms with Gasteiger partial charge < -0.3 is 10.0 Å². The van der Waals surface area contributed by atoms with Crippen LogP contribution < -0.4 is 0 Å². The van der Waals surface area contributed by atoms with Gasteiger partial charge in [-0.05, 0) is 24.6 Å². The summed E-state index contributed by atoms with van der Waals surface area (Å²) in [5, 5.41) is 9.03. The van der Waals surface area contributed by atoms with Crippen molar-refractivity contribution in [1.29, 1.82) is 0 Å². The van der Waals surface area contributed by atoms with Crippen LogP contribution in [-0.4, -0.2) is 29.6 Å². The minimum atomic E-state index is -0.548. The van der Waals surface area contributed by atoms with Crippen LogP contribution in [-0.2, 0) is 11.3 Å². The van der Waals surface area contributed by atoms with Crippen LogP contribution >= 0.6 is 0 Å². The van der Waals surface area contributed by atoms with Gasteiger partial charge >= 0.3 is 0 Å². The van der Waals surface area contributed by atoms with E-state index in [4.69, 9.17) is 5.11 Å². The number of hydrogen-bond acceptors (Lipinski definition) is 2. The highest BCUT2D eigenvalue weighted by molar-refractivity contribution is 5.78. The Morgan fingerprint density at radius 3 is 2.67 bits per heavy atom. The first-order valence-corrected chi connectivity index (χ1v) is 5.79. The summed E-state index contributed by atoms with van der Waals surface area (Å²) in [6.45, 7) is 1.53. The van der Waals surface area contributed by atoms with Crippen LogP contribution in [0.3, 0.4) is 0 Å². The number of halogens is 2. The first-order chi connectivity index (χ1) is 8.49. The number of benzene rings is 1. The average Bonchev–Trinajstić information content (AvgIpc) is 2.35. The average molecular weight is 257 g/mol. The molecule has 1 N–H and O–H groups in total. The summed E-state index contributed by atoms with van der Waals surface area (Å²) in [4.78, 5) is 13.1. The Hall–Kier alpha value is -1.49. The van der Waals surface area contributed by atoms with Gasteiger partial charge in [0, 0.05) is 19.2 Å². The monoisotopic (exact) mass is 257 g/mol. The maximum Gasteiger partial charge on any atom is 0.228 e. The summed E-state index contributed by atoms with van der Waals surface area (Å²) in [6, 6.07) is 3.13. The van der Waals surface area contributed by atoms with E-state index < -0.39 is 17.6 Å². The normalized spacial score (nSPS) is 12.3. The van der Waals surface area contributed by atoms with Crippen molar-refractivity contribution in [3.8, 4) is 0 Å². The maximum atomic E-state index is 13.4. The van der Waals surface area contributed by atoms with Crippen LogP contribution in [0.25, 0.3) is 0 Å². The molecule has 1 aromatic rings. The first kappa shape index (κ1) is 14.6. The van der Waals surface area contributed by atoms with Gasteiger partial charge in [0.1, 0.15) is 11.6 Å². The molecule has 0 saturated heterocycles. The number of carbonyl (C=O) groups is 1. The summed E-state index contributed by atoms with van der Waals surface area (Å²) in [6.07, 6.45) is 0.505. The third-order valence-corrected chi connectivity index (χ3v) is 2.85. The lowest BCUT2D eigenvalue weighted by atomic mass is 10.1. The van der Waals surface area contributed by atoms with Crippen LogP contribution in [0.5, 0.6) is 0 Å². The molecule has 1 atom stereocenters. The predicted octanol–water partition coefficient (Wildman–Crippen LogP) is 1.94. The lowest BCUT2D eigenvalue weighted by Gasteiger charge is -2.22. The molecule has 0 bridgehead atoms. The summed E-state index contributed by atoms with van der Waals surface area (Å²) >= 11 is 0. The van der Waals surface area contributed by atoms with Crippen LogP contribution in [0.15, 0.2) is 18.2 Å². The number of amides is 1. The minimum Gasteiger partial charge on any atom is -0.396 e. The van der Waals surface area contributed by atoms with Gasteiger partial charge in [-0.2, -0.15) is 0 Å². The molecule has 5 heteroatoms. The number of rotatable bonds is 5. The highest BCUT2D eigenvalue weighted by Gasteiger charge is 2.20. The van der Waals surface area contributed by atoms with Gasteiger partial charge in [-0.15, -0.1) is 0 Å². The zero-order valence-electron chi connectivity index (χ0n) is 10.5. The van der Waals surface area contributed by atoms with E-state index in [1.54, 1.807) is 6.92 Å². The molecule has 0 heterocycles. The highest BCUT2D eigenvalue weighted by atomic mass is 19.1. The van der Waals surface area contributed by atoms with Crippen molar-refractivity contribution in [2.24, 2.45) is 5.92 Å². The van der Waals surface area contributed by atoms with Crippen molar-refractivity contribution in [3.05, 3.63) is 35.4 Å². The van der Waals surface area contributed by atoms with E-state index in [-0.39, 0.29) is 24.6 Å². The molecule has 0 aromatic heterocycles. The Balaban J connectivity index is 2.77. The van der Waals surface area contributed by atoms with Gasteiger partial charge in [-0.25, -0.2) is 8.78 Å². The summed E-state index contributed by atoms with van der Waals surface area (Å²) < 4.78 is 26.4. The van der Waals surface area contributed by atoms with Crippen molar-refractivity contribution in [2.45, 2.75) is 19.9 Å². The topological polar surface area (TPSA) is 40.5 Å². The Kier molecular flexibility index (Phi) is 5.22. The minimum absolute atomic E-state index is 0.0150. The van der Waals surface area contributed by atoms with Crippen LogP contribution in [0.2, 0.25) is 0 Å². The van der Waals surface area contributed by atoms with Gasteiger partial charge in [-0.1, -0.05) is 6.92 Å². The van der Waals surface area contributed by atoms with Crippen molar-refractivity contribution in [3.63, 3.8) is 0 Å². The fourth-order valence-electron chi connectivity index (χ4n) is 1.69. The molecule has 0 saturated carbocycles. The predicted molar refractivity (Wildman–Crippen MR) is 63.7 cm³/mol. The zero-order chi connectivity index (χ0) is 13.7. The molecular weight excluding hydrogens is 240 g/mol. The van der Waals surface area contributed by atoms with Crippen LogP contribution in [0, 0.1) is 17.6 Å². The molecule has 1 rings (SSSR count). The second kappa shape index (κ2) is 6.44. The molecule has 0 radical (unpaired) electrons. The van der Waals surface area contributed by atoms with Crippen LogP contribution in [0.1, 0.15) is 18.9 Å². The molecule has 0 fully saturated rings. The molecule has 3 nitrogen and oxygen atoms in total. The number of nitrogens with zero attached hydrogens (tertiary/aromatic N) is 1. The molecule has 1 aromatic carbocycles. The fourth-order valence-corrected chi connectivity index (χ4v) is 1.69. The summed E-state index contributed by atoms with van der Waals surface area (Å²) in [7, 11) is 1.50. The van der Waals surface area contributed by atoms with E-state index >= 15 is 0 Å². The molecular formula is C13H17F2NO2. The van der Waals surface area contributed by atoms with Gasteiger partial charge in [0.05, 0.1) is 12.5 Å².